The van der Waals surface area contributed by atoms with Crippen LogP contribution in [0.5, 0.6) is 0 Å². The van der Waals surface area contributed by atoms with E-state index in [1.165, 1.54) is 55.7 Å². The molecule has 3 rings (SSSR count). The summed E-state index contributed by atoms with van der Waals surface area (Å²) in [5, 5.41) is 0. The lowest BCUT2D eigenvalue weighted by atomic mass is 9.86. The molecule has 1 fully saturated rings. The van der Waals surface area contributed by atoms with Gasteiger partial charge in [0, 0.05) is 18.7 Å². The van der Waals surface area contributed by atoms with Gasteiger partial charge < -0.3 is 4.90 Å². The highest BCUT2D eigenvalue weighted by atomic mass is 15.1. The van der Waals surface area contributed by atoms with Crippen molar-refractivity contribution >= 4 is 5.71 Å². The second kappa shape index (κ2) is 5.69. The Bertz CT molecular complexity index is 496. The van der Waals surface area contributed by atoms with Gasteiger partial charge in [0.05, 0.1) is 5.54 Å². The summed E-state index contributed by atoms with van der Waals surface area (Å²) < 4.78 is 0. The maximum atomic E-state index is 5.03. The molecule has 0 aliphatic carbocycles. The summed E-state index contributed by atoms with van der Waals surface area (Å²) in [6.45, 7) is 8.23. The third-order valence-corrected chi connectivity index (χ3v) is 4.50. The number of fused-ring (bicyclic) bond motifs is 1. The predicted molar refractivity (Wildman–Crippen MR) is 85.7 cm³/mol. The number of aliphatic imine (C=N–C) groups is 1. The van der Waals surface area contributed by atoms with Crippen LogP contribution in [0.3, 0.4) is 0 Å². The van der Waals surface area contributed by atoms with E-state index in [1.807, 2.05) is 0 Å². The van der Waals surface area contributed by atoms with Crippen molar-refractivity contribution in [3.05, 3.63) is 35.4 Å². The van der Waals surface area contributed by atoms with Gasteiger partial charge in [-0.1, -0.05) is 30.7 Å². The normalized spacial score (nSPS) is 22.2. The quantitative estimate of drug-likeness (QED) is 0.818. The molecule has 2 heteroatoms. The zero-order chi connectivity index (χ0) is 14.0. The first kappa shape index (κ1) is 13.8. The molecule has 2 aliphatic heterocycles. The third-order valence-electron chi connectivity index (χ3n) is 4.50. The van der Waals surface area contributed by atoms with Gasteiger partial charge in [0.15, 0.2) is 0 Å². The molecule has 1 saturated heterocycles. The van der Waals surface area contributed by atoms with E-state index in [-0.39, 0.29) is 5.54 Å². The van der Waals surface area contributed by atoms with Gasteiger partial charge >= 0.3 is 0 Å². The Morgan fingerprint density at radius 2 is 1.85 bits per heavy atom. The van der Waals surface area contributed by atoms with Gasteiger partial charge in [0.1, 0.15) is 0 Å². The summed E-state index contributed by atoms with van der Waals surface area (Å²) in [4.78, 5) is 7.64. The van der Waals surface area contributed by atoms with Crippen LogP contribution in [0.15, 0.2) is 29.3 Å². The highest BCUT2D eigenvalue weighted by Crippen LogP contribution is 2.28. The molecule has 2 aliphatic rings. The second-order valence-electron chi connectivity index (χ2n) is 6.86. The molecule has 0 bridgehead atoms. The van der Waals surface area contributed by atoms with Crippen LogP contribution in [0.25, 0.3) is 0 Å². The van der Waals surface area contributed by atoms with E-state index < -0.39 is 0 Å². The number of likely N-dealkylation sites (tertiary alicyclic amines) is 1. The Balaban J connectivity index is 1.74. The van der Waals surface area contributed by atoms with Crippen molar-refractivity contribution < 1.29 is 0 Å². The maximum Gasteiger partial charge on any atom is 0.0596 e. The lowest BCUT2D eigenvalue weighted by Crippen LogP contribution is -2.34. The predicted octanol–water partition coefficient (Wildman–Crippen LogP) is 3.69. The molecule has 0 aromatic heterocycles. The van der Waals surface area contributed by atoms with Gasteiger partial charge in [-0.15, -0.1) is 0 Å². The first-order valence-corrected chi connectivity index (χ1v) is 8.03. The van der Waals surface area contributed by atoms with Gasteiger partial charge in [0.25, 0.3) is 0 Å². The second-order valence-corrected chi connectivity index (χ2v) is 6.86. The fraction of sp³-hybridized carbons (Fsp3) is 0.611. The molecule has 0 N–H and O–H groups in total. The van der Waals surface area contributed by atoms with Gasteiger partial charge in [-0.2, -0.15) is 0 Å². The minimum atomic E-state index is 0.0611. The van der Waals surface area contributed by atoms with E-state index in [0.717, 1.165) is 12.8 Å². The van der Waals surface area contributed by atoms with E-state index in [0.29, 0.717) is 0 Å². The van der Waals surface area contributed by atoms with E-state index in [9.17, 15) is 0 Å². The fourth-order valence-corrected chi connectivity index (χ4v) is 3.52. The number of benzene rings is 1. The van der Waals surface area contributed by atoms with Crippen LogP contribution in [-0.4, -0.2) is 35.8 Å². The Labute approximate surface area is 122 Å². The number of hydrogen-bond acceptors (Lipinski definition) is 2. The van der Waals surface area contributed by atoms with E-state index in [4.69, 9.17) is 4.99 Å². The zero-order valence-corrected chi connectivity index (χ0v) is 12.9. The number of hydrogen-bond donors (Lipinski definition) is 0. The number of rotatable bonds is 3. The van der Waals surface area contributed by atoms with Crippen molar-refractivity contribution in [2.45, 2.75) is 51.5 Å². The van der Waals surface area contributed by atoms with E-state index >= 15 is 0 Å². The van der Waals surface area contributed by atoms with Crippen LogP contribution in [0.2, 0.25) is 0 Å². The minimum Gasteiger partial charge on any atom is -0.303 e. The summed E-state index contributed by atoms with van der Waals surface area (Å²) in [6.07, 6.45) is 6.31. The molecular weight excluding hydrogens is 244 g/mol. The van der Waals surface area contributed by atoms with Gasteiger partial charge in [-0.05, 0) is 57.3 Å². The van der Waals surface area contributed by atoms with Gasteiger partial charge in [-0.25, -0.2) is 0 Å². The highest BCUT2D eigenvalue weighted by molar-refractivity contribution is 6.03. The maximum absolute atomic E-state index is 5.03. The topological polar surface area (TPSA) is 15.6 Å². The zero-order valence-electron chi connectivity index (χ0n) is 12.9. The molecule has 1 aromatic carbocycles. The lowest BCUT2D eigenvalue weighted by Gasteiger charge is -2.31. The first-order chi connectivity index (χ1) is 9.64. The van der Waals surface area contributed by atoms with Crippen LogP contribution in [0.1, 0.15) is 50.7 Å². The summed E-state index contributed by atoms with van der Waals surface area (Å²) in [5.74, 6) is 0. The number of piperidine rings is 1. The van der Waals surface area contributed by atoms with E-state index in [1.54, 1.807) is 0 Å². The van der Waals surface area contributed by atoms with Crippen molar-refractivity contribution in [1.82, 2.24) is 4.90 Å². The smallest absolute Gasteiger partial charge is 0.0596 e. The standard InChI is InChI=1S/C18H26N2/c1-18(2)14-15-8-4-5-9-16(15)17(19-18)10-13-20-11-6-3-7-12-20/h4-5,8-9H,3,6-7,10-14H2,1-2H3. The van der Waals surface area contributed by atoms with Crippen LogP contribution in [-0.2, 0) is 6.42 Å². The average molecular weight is 270 g/mol. The van der Waals surface area contributed by atoms with Crippen molar-refractivity contribution in [1.29, 1.82) is 0 Å². The molecule has 0 spiro atoms. The molecule has 0 radical (unpaired) electrons. The van der Waals surface area contributed by atoms with Crippen molar-refractivity contribution in [2.24, 2.45) is 4.99 Å². The molecule has 2 nitrogen and oxygen atoms in total. The van der Waals surface area contributed by atoms with Crippen molar-refractivity contribution in [2.75, 3.05) is 19.6 Å². The molecule has 0 unspecified atom stereocenters. The minimum absolute atomic E-state index is 0.0611. The Morgan fingerprint density at radius 1 is 1.10 bits per heavy atom. The molecule has 2 heterocycles. The largest absolute Gasteiger partial charge is 0.303 e. The van der Waals surface area contributed by atoms with Crippen molar-refractivity contribution in [3.8, 4) is 0 Å². The van der Waals surface area contributed by atoms with Crippen LogP contribution in [0.4, 0.5) is 0 Å². The molecule has 0 amide bonds. The first-order valence-electron chi connectivity index (χ1n) is 8.03. The van der Waals surface area contributed by atoms with Crippen LogP contribution >= 0.6 is 0 Å². The van der Waals surface area contributed by atoms with E-state index in [2.05, 4.69) is 43.0 Å². The highest BCUT2D eigenvalue weighted by Gasteiger charge is 2.26. The molecular formula is C18H26N2. The van der Waals surface area contributed by atoms with Crippen LogP contribution < -0.4 is 0 Å². The Kier molecular flexibility index (Phi) is 3.93. The van der Waals surface area contributed by atoms with Crippen molar-refractivity contribution in [3.63, 3.8) is 0 Å². The summed E-state index contributed by atoms with van der Waals surface area (Å²) in [5.41, 5.74) is 4.25. The fourth-order valence-electron chi connectivity index (χ4n) is 3.52. The Hall–Kier alpha value is -1.15. The molecule has 20 heavy (non-hydrogen) atoms. The van der Waals surface area contributed by atoms with Gasteiger partial charge in [0.2, 0.25) is 0 Å². The lowest BCUT2D eigenvalue weighted by molar-refractivity contribution is 0.234. The molecule has 0 atom stereocenters. The summed E-state index contributed by atoms with van der Waals surface area (Å²) >= 11 is 0. The third kappa shape index (κ3) is 3.12. The average Bonchev–Trinajstić information content (AvgIpc) is 2.45. The SMILES string of the molecule is CC1(C)Cc2ccccc2C(CCN2CCCCC2)=N1. The molecule has 108 valence electrons. The molecule has 0 saturated carbocycles. The number of nitrogens with zero attached hydrogens (tertiary/aromatic N) is 2. The Morgan fingerprint density at radius 3 is 2.65 bits per heavy atom. The summed E-state index contributed by atoms with van der Waals surface area (Å²) in [7, 11) is 0. The summed E-state index contributed by atoms with van der Waals surface area (Å²) in [6, 6.07) is 8.82. The van der Waals surface area contributed by atoms with Crippen LogP contribution in [0, 0.1) is 0 Å². The monoisotopic (exact) mass is 270 g/mol. The molecule has 1 aromatic rings. The van der Waals surface area contributed by atoms with Gasteiger partial charge in [-0.3, -0.25) is 4.99 Å².